The number of nitrogens with zero attached hydrogens (tertiary/aromatic N) is 1. The highest BCUT2D eigenvalue weighted by Crippen LogP contribution is 2.22. The van der Waals surface area contributed by atoms with Gasteiger partial charge in [-0.2, -0.15) is 24.5 Å². The van der Waals surface area contributed by atoms with Gasteiger partial charge in [0.15, 0.2) is 0 Å². The lowest BCUT2D eigenvalue weighted by atomic mass is 10.1. The molecule has 1 unspecified atom stereocenters. The van der Waals surface area contributed by atoms with Crippen LogP contribution in [-0.2, 0) is 10.2 Å². The Morgan fingerprint density at radius 1 is 1.56 bits per heavy atom. The molecule has 7 heteroatoms. The van der Waals surface area contributed by atoms with E-state index in [2.05, 4.69) is 4.72 Å². The second-order valence-electron chi connectivity index (χ2n) is 3.98. The summed E-state index contributed by atoms with van der Waals surface area (Å²) in [7, 11) is -1.83. The van der Waals surface area contributed by atoms with Crippen molar-refractivity contribution in [2.75, 3.05) is 38.2 Å². The second-order valence-corrected chi connectivity index (χ2v) is 6.99. The molecule has 0 aromatic carbocycles. The summed E-state index contributed by atoms with van der Waals surface area (Å²) in [6, 6.07) is 0. The molecule has 96 valence electrons. The van der Waals surface area contributed by atoms with Gasteiger partial charge in [-0.1, -0.05) is 0 Å². The molecule has 0 aromatic heterocycles. The highest BCUT2D eigenvalue weighted by Gasteiger charge is 2.21. The van der Waals surface area contributed by atoms with Crippen molar-refractivity contribution in [3.05, 3.63) is 0 Å². The Balaban J connectivity index is 2.32. The van der Waals surface area contributed by atoms with Crippen molar-refractivity contribution in [3.63, 3.8) is 0 Å². The van der Waals surface area contributed by atoms with Gasteiger partial charge >= 0.3 is 0 Å². The summed E-state index contributed by atoms with van der Waals surface area (Å²) in [5.74, 6) is 2.64. The molecule has 16 heavy (non-hydrogen) atoms. The van der Waals surface area contributed by atoms with Crippen molar-refractivity contribution in [1.29, 1.82) is 0 Å². The summed E-state index contributed by atoms with van der Waals surface area (Å²) < 4.78 is 27.3. The Kier molecular flexibility index (Phi) is 6.06. The van der Waals surface area contributed by atoms with Crippen LogP contribution in [-0.4, -0.2) is 56.1 Å². The normalized spacial score (nSPS) is 21.8. The highest BCUT2D eigenvalue weighted by atomic mass is 32.2. The van der Waals surface area contributed by atoms with Crippen LogP contribution in [0.4, 0.5) is 0 Å². The van der Waals surface area contributed by atoms with Gasteiger partial charge in [0.25, 0.3) is 10.2 Å². The van der Waals surface area contributed by atoms with Crippen molar-refractivity contribution in [1.82, 2.24) is 9.03 Å². The predicted molar refractivity (Wildman–Crippen MR) is 66.7 cm³/mol. The standard InChI is InChI=1S/C9H20N2O3S2/c1-11(4-2-5-12)16(13,14)10-7-9-3-6-15-8-9/h9-10,12H,2-8H2,1H3. The Bertz CT molecular complexity index is 289. The molecule has 0 saturated carbocycles. The van der Waals surface area contributed by atoms with Gasteiger partial charge in [0.05, 0.1) is 0 Å². The van der Waals surface area contributed by atoms with E-state index in [0.29, 0.717) is 25.4 Å². The molecule has 1 atom stereocenters. The smallest absolute Gasteiger partial charge is 0.279 e. The van der Waals surface area contributed by atoms with Crippen LogP contribution < -0.4 is 4.72 Å². The van der Waals surface area contributed by atoms with E-state index in [4.69, 9.17) is 5.11 Å². The number of aliphatic hydroxyl groups is 1. The molecule has 2 N–H and O–H groups in total. The van der Waals surface area contributed by atoms with Crippen molar-refractivity contribution in [2.45, 2.75) is 12.8 Å². The number of thioether (sulfide) groups is 1. The average Bonchev–Trinajstić information content (AvgIpc) is 2.76. The van der Waals surface area contributed by atoms with E-state index in [-0.39, 0.29) is 6.61 Å². The Morgan fingerprint density at radius 2 is 2.31 bits per heavy atom. The van der Waals surface area contributed by atoms with E-state index in [1.54, 1.807) is 0 Å². The SMILES string of the molecule is CN(CCCO)S(=O)(=O)NCC1CCSC1. The van der Waals surface area contributed by atoms with Crippen molar-refractivity contribution in [3.8, 4) is 0 Å². The predicted octanol–water partition coefficient (Wildman–Crippen LogP) is -0.112. The van der Waals surface area contributed by atoms with Gasteiger partial charge in [0, 0.05) is 26.7 Å². The van der Waals surface area contributed by atoms with Crippen LogP contribution in [0.5, 0.6) is 0 Å². The lowest BCUT2D eigenvalue weighted by Gasteiger charge is -2.18. The molecule has 0 radical (unpaired) electrons. The van der Waals surface area contributed by atoms with Crippen LogP contribution in [0.25, 0.3) is 0 Å². The summed E-state index contributed by atoms with van der Waals surface area (Å²) >= 11 is 1.87. The average molecular weight is 268 g/mol. The lowest BCUT2D eigenvalue weighted by molar-refractivity contribution is 0.275. The maximum atomic E-state index is 11.7. The van der Waals surface area contributed by atoms with Crippen molar-refractivity contribution < 1.29 is 13.5 Å². The Hall–Kier alpha value is 0.180. The molecular formula is C9H20N2O3S2. The van der Waals surface area contributed by atoms with E-state index in [0.717, 1.165) is 17.9 Å². The van der Waals surface area contributed by atoms with Gasteiger partial charge < -0.3 is 5.11 Å². The lowest BCUT2D eigenvalue weighted by Crippen LogP contribution is -2.41. The molecule has 5 nitrogen and oxygen atoms in total. The van der Waals surface area contributed by atoms with Crippen LogP contribution in [0.3, 0.4) is 0 Å². The zero-order chi connectivity index (χ0) is 12.0. The van der Waals surface area contributed by atoms with E-state index < -0.39 is 10.2 Å². The summed E-state index contributed by atoms with van der Waals surface area (Å²) in [4.78, 5) is 0. The summed E-state index contributed by atoms with van der Waals surface area (Å²) in [6.45, 7) is 0.892. The maximum Gasteiger partial charge on any atom is 0.279 e. The Labute approximate surface area is 102 Å². The number of hydrogen-bond acceptors (Lipinski definition) is 4. The first-order chi connectivity index (χ1) is 7.56. The number of rotatable bonds is 7. The Morgan fingerprint density at radius 3 is 2.88 bits per heavy atom. The summed E-state index contributed by atoms with van der Waals surface area (Å²) in [5.41, 5.74) is 0. The molecule has 0 spiro atoms. The van der Waals surface area contributed by atoms with Crippen molar-refractivity contribution >= 4 is 22.0 Å². The number of hydrogen-bond donors (Lipinski definition) is 2. The third-order valence-corrected chi connectivity index (χ3v) is 5.39. The van der Waals surface area contributed by atoms with E-state index in [9.17, 15) is 8.42 Å². The van der Waals surface area contributed by atoms with Gasteiger partial charge in [0.2, 0.25) is 0 Å². The van der Waals surface area contributed by atoms with Crippen LogP contribution >= 0.6 is 11.8 Å². The zero-order valence-corrected chi connectivity index (χ0v) is 11.2. The van der Waals surface area contributed by atoms with Gasteiger partial charge in [0.1, 0.15) is 0 Å². The fourth-order valence-corrected chi connectivity index (χ4v) is 3.81. The van der Waals surface area contributed by atoms with Crippen LogP contribution in [0.1, 0.15) is 12.8 Å². The zero-order valence-electron chi connectivity index (χ0n) is 9.55. The minimum absolute atomic E-state index is 0.0130. The molecule has 1 aliphatic rings. The first kappa shape index (κ1) is 14.2. The fourth-order valence-electron chi connectivity index (χ4n) is 1.49. The van der Waals surface area contributed by atoms with E-state index in [1.807, 2.05) is 11.8 Å². The molecule has 1 aliphatic heterocycles. The van der Waals surface area contributed by atoms with E-state index >= 15 is 0 Å². The molecule has 1 fully saturated rings. The second kappa shape index (κ2) is 6.80. The monoisotopic (exact) mass is 268 g/mol. The third-order valence-electron chi connectivity index (χ3n) is 2.62. The van der Waals surface area contributed by atoms with Crippen molar-refractivity contribution in [2.24, 2.45) is 5.92 Å². The van der Waals surface area contributed by atoms with Gasteiger partial charge in [-0.3, -0.25) is 0 Å². The first-order valence-electron chi connectivity index (χ1n) is 5.46. The quantitative estimate of drug-likeness (QED) is 0.676. The van der Waals surface area contributed by atoms with Crippen LogP contribution in [0.15, 0.2) is 0 Å². The molecule has 1 rings (SSSR count). The highest BCUT2D eigenvalue weighted by molar-refractivity contribution is 7.99. The maximum absolute atomic E-state index is 11.7. The van der Waals surface area contributed by atoms with E-state index in [1.165, 1.54) is 11.4 Å². The fraction of sp³-hybridized carbons (Fsp3) is 1.00. The largest absolute Gasteiger partial charge is 0.396 e. The van der Waals surface area contributed by atoms with Gasteiger partial charge in [-0.05, 0) is 30.3 Å². The number of aliphatic hydroxyl groups excluding tert-OH is 1. The molecule has 0 aliphatic carbocycles. The molecule has 1 heterocycles. The topological polar surface area (TPSA) is 69.6 Å². The molecule has 1 saturated heterocycles. The number of nitrogens with one attached hydrogen (secondary N) is 1. The molecular weight excluding hydrogens is 248 g/mol. The van der Waals surface area contributed by atoms with Gasteiger partial charge in [-0.25, -0.2) is 4.72 Å². The molecule has 0 aromatic rings. The van der Waals surface area contributed by atoms with Gasteiger partial charge in [-0.15, -0.1) is 0 Å². The third kappa shape index (κ3) is 4.58. The van der Waals surface area contributed by atoms with Crippen LogP contribution in [0.2, 0.25) is 0 Å². The minimum atomic E-state index is -3.36. The first-order valence-corrected chi connectivity index (χ1v) is 8.05. The molecule has 0 bridgehead atoms. The molecule has 0 amide bonds. The summed E-state index contributed by atoms with van der Waals surface area (Å²) in [6.07, 6.45) is 1.56. The van der Waals surface area contributed by atoms with Crippen LogP contribution in [0, 0.1) is 5.92 Å². The summed E-state index contributed by atoms with van der Waals surface area (Å²) in [5, 5.41) is 8.64. The minimum Gasteiger partial charge on any atom is -0.396 e.